The van der Waals surface area contributed by atoms with Crippen molar-refractivity contribution in [1.29, 1.82) is 0 Å². The molecule has 0 spiro atoms. The molecule has 0 radical (unpaired) electrons. The molecule has 0 aliphatic carbocycles. The van der Waals surface area contributed by atoms with Crippen LogP contribution in [0.5, 0.6) is 0 Å². The van der Waals surface area contributed by atoms with Crippen LogP contribution in [0.4, 0.5) is 0 Å². The smallest absolute Gasteiger partial charge is 0.00673 e. The van der Waals surface area contributed by atoms with E-state index in [0.29, 0.717) is 0 Å². The summed E-state index contributed by atoms with van der Waals surface area (Å²) in [5, 5.41) is 0. The minimum absolute atomic E-state index is 0.861. The van der Waals surface area contributed by atoms with E-state index in [1.54, 1.807) is 0 Å². The van der Waals surface area contributed by atoms with Crippen LogP contribution in [0.3, 0.4) is 0 Å². The maximum Gasteiger partial charge on any atom is 0.00673 e. The molecule has 0 aromatic heterocycles. The molecular weight excluding hydrogens is 208 g/mol. The van der Waals surface area contributed by atoms with Gasteiger partial charge in [0.15, 0.2) is 0 Å². The molecule has 2 rings (SSSR count). The van der Waals surface area contributed by atoms with Crippen molar-refractivity contribution in [2.24, 2.45) is 0 Å². The van der Waals surface area contributed by atoms with E-state index >= 15 is 0 Å². The van der Waals surface area contributed by atoms with Gasteiger partial charge in [0.05, 0.1) is 0 Å². The molecule has 0 amide bonds. The Balaban J connectivity index is 0.000000171. The Kier molecular flexibility index (Phi) is 7.14. The third kappa shape index (κ3) is 4.97. The molecule has 0 bridgehead atoms. The lowest BCUT2D eigenvalue weighted by atomic mass is 10.2. The fourth-order valence-electron chi connectivity index (χ4n) is 3.07. The van der Waals surface area contributed by atoms with Crippen LogP contribution in [-0.2, 0) is 0 Å². The van der Waals surface area contributed by atoms with Gasteiger partial charge in [-0.15, -0.1) is 0 Å². The summed E-state index contributed by atoms with van der Waals surface area (Å²) in [5.74, 6) is 0. The van der Waals surface area contributed by atoms with Crippen LogP contribution in [0, 0.1) is 0 Å². The number of hydrogen-bond acceptors (Lipinski definition) is 2. The van der Waals surface area contributed by atoms with E-state index in [2.05, 4.69) is 37.5 Å². The average molecular weight is 240 g/mol. The molecule has 0 aromatic carbocycles. The average Bonchev–Trinajstić information content (AvgIpc) is 2.90. The van der Waals surface area contributed by atoms with E-state index in [1.807, 2.05) is 0 Å². The first-order valence-corrected chi connectivity index (χ1v) is 7.67. The molecule has 2 heterocycles. The zero-order valence-electron chi connectivity index (χ0n) is 12.4. The summed E-state index contributed by atoms with van der Waals surface area (Å²) in [6.45, 7) is 14.4. The molecule has 102 valence electrons. The second-order valence-corrected chi connectivity index (χ2v) is 5.65. The Labute approximate surface area is 108 Å². The second kappa shape index (κ2) is 8.10. The third-order valence-electron chi connectivity index (χ3n) is 4.30. The van der Waals surface area contributed by atoms with Gasteiger partial charge in [-0.05, 0) is 72.1 Å². The van der Waals surface area contributed by atoms with E-state index < -0.39 is 0 Å². The normalized spacial score (nSPS) is 30.4. The van der Waals surface area contributed by atoms with Crippen LogP contribution >= 0.6 is 0 Å². The largest absolute Gasteiger partial charge is 0.301 e. The fraction of sp³-hybridized carbons (Fsp3) is 1.00. The maximum atomic E-state index is 2.58. The van der Waals surface area contributed by atoms with Gasteiger partial charge in [-0.3, -0.25) is 0 Å². The van der Waals surface area contributed by atoms with Gasteiger partial charge in [0.2, 0.25) is 0 Å². The lowest BCUT2D eigenvalue weighted by Gasteiger charge is -2.19. The van der Waals surface area contributed by atoms with Crippen LogP contribution in [0.2, 0.25) is 0 Å². The van der Waals surface area contributed by atoms with Crippen molar-refractivity contribution in [2.75, 3.05) is 26.2 Å². The van der Waals surface area contributed by atoms with Gasteiger partial charge in [0, 0.05) is 12.1 Å². The van der Waals surface area contributed by atoms with Crippen molar-refractivity contribution in [3.8, 4) is 0 Å². The standard InChI is InChI=1S/C8H17N.C7H15N/c1-3-6-9-7-4-5-8(9)2;1-3-8-6-4-5-7(8)2/h8H,3-7H2,1-2H3;7H,3-6H2,1-2H3. The van der Waals surface area contributed by atoms with Crippen LogP contribution in [0.15, 0.2) is 0 Å². The Morgan fingerprint density at radius 1 is 0.882 bits per heavy atom. The molecule has 17 heavy (non-hydrogen) atoms. The van der Waals surface area contributed by atoms with Crippen molar-refractivity contribution in [3.05, 3.63) is 0 Å². The van der Waals surface area contributed by atoms with Gasteiger partial charge in [-0.2, -0.15) is 0 Å². The topological polar surface area (TPSA) is 6.48 Å². The highest BCUT2D eigenvalue weighted by Gasteiger charge is 2.18. The summed E-state index contributed by atoms with van der Waals surface area (Å²) in [5.41, 5.74) is 0. The summed E-state index contributed by atoms with van der Waals surface area (Å²) in [6, 6.07) is 1.73. The van der Waals surface area contributed by atoms with E-state index in [9.17, 15) is 0 Å². The summed E-state index contributed by atoms with van der Waals surface area (Å²) in [7, 11) is 0. The van der Waals surface area contributed by atoms with Crippen LogP contribution < -0.4 is 0 Å². The Morgan fingerprint density at radius 3 is 1.71 bits per heavy atom. The minimum Gasteiger partial charge on any atom is -0.301 e. The van der Waals surface area contributed by atoms with Gasteiger partial charge in [0.1, 0.15) is 0 Å². The zero-order chi connectivity index (χ0) is 12.7. The first-order valence-electron chi connectivity index (χ1n) is 7.67. The second-order valence-electron chi connectivity index (χ2n) is 5.65. The Bertz CT molecular complexity index is 193. The van der Waals surface area contributed by atoms with Gasteiger partial charge >= 0.3 is 0 Å². The SMILES string of the molecule is CCCN1CCCC1C.CCN1CCCC1C. The van der Waals surface area contributed by atoms with Crippen LogP contribution in [-0.4, -0.2) is 48.1 Å². The van der Waals surface area contributed by atoms with Crippen molar-refractivity contribution >= 4 is 0 Å². The first-order chi connectivity index (χ1) is 8.19. The van der Waals surface area contributed by atoms with Gasteiger partial charge in [0.25, 0.3) is 0 Å². The quantitative estimate of drug-likeness (QED) is 0.746. The minimum atomic E-state index is 0.861. The molecule has 2 heteroatoms. The molecule has 2 nitrogen and oxygen atoms in total. The summed E-state index contributed by atoms with van der Waals surface area (Å²) >= 11 is 0. The van der Waals surface area contributed by atoms with E-state index in [0.717, 1.165) is 12.1 Å². The van der Waals surface area contributed by atoms with E-state index in [4.69, 9.17) is 0 Å². The van der Waals surface area contributed by atoms with Crippen LogP contribution in [0.25, 0.3) is 0 Å². The molecule has 2 atom stereocenters. The number of likely N-dealkylation sites (tertiary alicyclic amines) is 2. The van der Waals surface area contributed by atoms with Gasteiger partial charge < -0.3 is 9.80 Å². The molecule has 0 aromatic rings. The number of hydrogen-bond donors (Lipinski definition) is 0. The maximum absolute atomic E-state index is 2.58. The molecule has 2 aliphatic rings. The molecular formula is C15H32N2. The van der Waals surface area contributed by atoms with E-state index in [1.165, 1.54) is 58.3 Å². The van der Waals surface area contributed by atoms with Crippen molar-refractivity contribution in [1.82, 2.24) is 9.80 Å². The highest BCUT2D eigenvalue weighted by atomic mass is 15.2. The number of rotatable bonds is 3. The highest BCUT2D eigenvalue weighted by Crippen LogP contribution is 2.15. The van der Waals surface area contributed by atoms with Crippen molar-refractivity contribution < 1.29 is 0 Å². The zero-order valence-corrected chi connectivity index (χ0v) is 12.4. The van der Waals surface area contributed by atoms with Gasteiger partial charge in [-0.1, -0.05) is 13.8 Å². The fourth-order valence-corrected chi connectivity index (χ4v) is 3.07. The Morgan fingerprint density at radius 2 is 1.41 bits per heavy atom. The summed E-state index contributed by atoms with van der Waals surface area (Å²) in [4.78, 5) is 5.11. The lowest BCUT2D eigenvalue weighted by Crippen LogP contribution is -2.27. The van der Waals surface area contributed by atoms with Crippen molar-refractivity contribution in [3.63, 3.8) is 0 Å². The molecule has 2 aliphatic heterocycles. The Hall–Kier alpha value is -0.0800. The molecule has 0 N–H and O–H groups in total. The van der Waals surface area contributed by atoms with Crippen molar-refractivity contribution in [2.45, 2.75) is 71.9 Å². The summed E-state index contributed by atoms with van der Waals surface area (Å²) in [6.07, 6.45) is 6.97. The predicted molar refractivity (Wildman–Crippen MR) is 76.5 cm³/mol. The third-order valence-corrected chi connectivity index (χ3v) is 4.30. The number of nitrogens with zero attached hydrogens (tertiary/aromatic N) is 2. The van der Waals surface area contributed by atoms with Crippen LogP contribution in [0.1, 0.15) is 59.8 Å². The summed E-state index contributed by atoms with van der Waals surface area (Å²) < 4.78 is 0. The lowest BCUT2D eigenvalue weighted by molar-refractivity contribution is 0.269. The molecule has 0 saturated carbocycles. The highest BCUT2D eigenvalue weighted by molar-refractivity contribution is 4.74. The predicted octanol–water partition coefficient (Wildman–Crippen LogP) is 3.37. The monoisotopic (exact) mass is 240 g/mol. The molecule has 2 saturated heterocycles. The molecule has 2 fully saturated rings. The molecule has 2 unspecified atom stereocenters. The van der Waals surface area contributed by atoms with Gasteiger partial charge in [-0.25, -0.2) is 0 Å². The van der Waals surface area contributed by atoms with E-state index in [-0.39, 0.29) is 0 Å². The first kappa shape index (κ1) is 15.0.